The summed E-state index contributed by atoms with van der Waals surface area (Å²) in [6.07, 6.45) is 3.61. The standard InChI is InChI=1S/C12H9NO/c1-2-4-11-9(3-1)7-10-8-14-6-5-12(10)13-11/h1-7H,8H2. The number of hydrogen-bond acceptors (Lipinski definition) is 2. The molecule has 1 aliphatic heterocycles. The zero-order chi connectivity index (χ0) is 9.38. The van der Waals surface area contributed by atoms with Crippen LogP contribution in [0.4, 0.5) is 0 Å². The molecular formula is C12H9NO. The lowest BCUT2D eigenvalue weighted by Crippen LogP contribution is -1.99. The summed E-state index contributed by atoms with van der Waals surface area (Å²) < 4.78 is 5.22. The molecule has 14 heavy (non-hydrogen) atoms. The third-order valence-corrected chi connectivity index (χ3v) is 2.40. The molecule has 0 saturated heterocycles. The molecule has 0 aliphatic carbocycles. The Hall–Kier alpha value is -1.83. The topological polar surface area (TPSA) is 22.1 Å². The maximum Gasteiger partial charge on any atom is 0.115 e. The van der Waals surface area contributed by atoms with E-state index in [-0.39, 0.29) is 0 Å². The molecule has 0 unspecified atom stereocenters. The van der Waals surface area contributed by atoms with Gasteiger partial charge in [-0.15, -0.1) is 0 Å². The molecule has 0 bridgehead atoms. The number of rotatable bonds is 0. The van der Waals surface area contributed by atoms with Crippen LogP contribution in [0.1, 0.15) is 11.3 Å². The van der Waals surface area contributed by atoms with Crippen molar-refractivity contribution in [1.82, 2.24) is 4.98 Å². The van der Waals surface area contributed by atoms with Crippen molar-refractivity contribution in [1.29, 1.82) is 0 Å². The Kier molecular flexibility index (Phi) is 1.53. The number of hydrogen-bond donors (Lipinski definition) is 0. The zero-order valence-electron chi connectivity index (χ0n) is 7.60. The molecule has 2 heteroatoms. The average Bonchev–Trinajstić information content (AvgIpc) is 2.26. The van der Waals surface area contributed by atoms with Gasteiger partial charge in [-0.1, -0.05) is 18.2 Å². The average molecular weight is 183 g/mol. The molecule has 2 aromatic rings. The molecule has 1 aromatic heterocycles. The second-order valence-corrected chi connectivity index (χ2v) is 3.34. The molecule has 3 rings (SSSR count). The highest BCUT2D eigenvalue weighted by atomic mass is 16.5. The van der Waals surface area contributed by atoms with Crippen molar-refractivity contribution in [2.24, 2.45) is 0 Å². The van der Waals surface area contributed by atoms with Gasteiger partial charge < -0.3 is 4.74 Å². The third-order valence-electron chi connectivity index (χ3n) is 2.40. The molecule has 0 amide bonds. The second-order valence-electron chi connectivity index (χ2n) is 3.34. The van der Waals surface area contributed by atoms with Crippen molar-refractivity contribution in [3.63, 3.8) is 0 Å². The highest BCUT2D eigenvalue weighted by molar-refractivity contribution is 5.80. The van der Waals surface area contributed by atoms with E-state index in [2.05, 4.69) is 17.1 Å². The summed E-state index contributed by atoms with van der Waals surface area (Å²) >= 11 is 0. The largest absolute Gasteiger partial charge is 0.496 e. The van der Waals surface area contributed by atoms with Gasteiger partial charge in [0.1, 0.15) is 6.61 Å². The van der Waals surface area contributed by atoms with Crippen molar-refractivity contribution >= 4 is 17.0 Å². The number of aromatic nitrogens is 1. The predicted octanol–water partition coefficient (Wildman–Crippen LogP) is 2.74. The van der Waals surface area contributed by atoms with Crippen molar-refractivity contribution in [2.75, 3.05) is 0 Å². The van der Waals surface area contributed by atoms with E-state index in [0.29, 0.717) is 6.61 Å². The first-order chi connectivity index (χ1) is 6.93. The number of pyridine rings is 1. The van der Waals surface area contributed by atoms with Gasteiger partial charge in [0.15, 0.2) is 0 Å². The van der Waals surface area contributed by atoms with Gasteiger partial charge >= 0.3 is 0 Å². The van der Waals surface area contributed by atoms with Crippen LogP contribution in [0, 0.1) is 0 Å². The molecule has 0 fully saturated rings. The lowest BCUT2D eigenvalue weighted by Gasteiger charge is -2.11. The number of nitrogens with zero attached hydrogens (tertiary/aromatic N) is 1. The quantitative estimate of drug-likeness (QED) is 0.626. The molecule has 68 valence electrons. The van der Waals surface area contributed by atoms with Crippen LogP contribution in [0.25, 0.3) is 17.0 Å². The molecule has 0 spiro atoms. The normalized spacial score (nSPS) is 13.7. The maximum atomic E-state index is 5.22. The summed E-state index contributed by atoms with van der Waals surface area (Å²) in [5.74, 6) is 0. The van der Waals surface area contributed by atoms with Gasteiger partial charge in [-0.3, -0.25) is 0 Å². The number of fused-ring (bicyclic) bond motifs is 2. The van der Waals surface area contributed by atoms with Gasteiger partial charge in [0.25, 0.3) is 0 Å². The number of benzene rings is 1. The Bertz CT molecular complexity index is 517. The molecular weight excluding hydrogens is 174 g/mol. The van der Waals surface area contributed by atoms with Crippen LogP contribution in [-0.4, -0.2) is 4.98 Å². The second kappa shape index (κ2) is 2.84. The number of para-hydroxylation sites is 1. The Morgan fingerprint density at radius 2 is 2.14 bits per heavy atom. The first kappa shape index (κ1) is 7.56. The Morgan fingerprint density at radius 1 is 1.21 bits per heavy atom. The van der Waals surface area contributed by atoms with Crippen LogP contribution in [0.2, 0.25) is 0 Å². The first-order valence-electron chi connectivity index (χ1n) is 4.60. The van der Waals surface area contributed by atoms with Gasteiger partial charge in [-0.2, -0.15) is 0 Å². The van der Waals surface area contributed by atoms with E-state index in [9.17, 15) is 0 Å². The Balaban J connectivity index is 2.34. The van der Waals surface area contributed by atoms with Crippen LogP contribution in [0.3, 0.4) is 0 Å². The third kappa shape index (κ3) is 1.08. The highest BCUT2D eigenvalue weighted by Crippen LogP contribution is 2.20. The van der Waals surface area contributed by atoms with Crippen LogP contribution >= 0.6 is 0 Å². The molecule has 2 nitrogen and oxygen atoms in total. The molecule has 2 heterocycles. The van der Waals surface area contributed by atoms with Crippen molar-refractivity contribution in [2.45, 2.75) is 6.61 Å². The first-order valence-corrected chi connectivity index (χ1v) is 4.60. The van der Waals surface area contributed by atoms with Gasteiger partial charge in [0.2, 0.25) is 0 Å². The van der Waals surface area contributed by atoms with E-state index in [1.807, 2.05) is 24.3 Å². The van der Waals surface area contributed by atoms with E-state index in [1.54, 1.807) is 6.26 Å². The smallest absolute Gasteiger partial charge is 0.115 e. The van der Waals surface area contributed by atoms with Gasteiger partial charge in [0, 0.05) is 10.9 Å². The Morgan fingerprint density at radius 3 is 3.14 bits per heavy atom. The summed E-state index contributed by atoms with van der Waals surface area (Å²) in [6, 6.07) is 10.3. The van der Waals surface area contributed by atoms with Crippen LogP contribution < -0.4 is 0 Å². The fourth-order valence-electron chi connectivity index (χ4n) is 1.68. The Labute approximate surface area is 81.8 Å². The molecule has 0 radical (unpaired) electrons. The predicted molar refractivity (Wildman–Crippen MR) is 55.6 cm³/mol. The van der Waals surface area contributed by atoms with Gasteiger partial charge in [-0.25, -0.2) is 4.98 Å². The molecule has 1 aliphatic rings. The molecule has 0 atom stereocenters. The maximum absolute atomic E-state index is 5.22. The summed E-state index contributed by atoms with van der Waals surface area (Å²) in [4.78, 5) is 4.55. The van der Waals surface area contributed by atoms with Crippen molar-refractivity contribution < 1.29 is 4.74 Å². The highest BCUT2D eigenvalue weighted by Gasteiger charge is 2.07. The van der Waals surface area contributed by atoms with E-state index in [0.717, 1.165) is 16.8 Å². The monoisotopic (exact) mass is 183 g/mol. The lowest BCUT2D eigenvalue weighted by atomic mass is 10.1. The minimum Gasteiger partial charge on any atom is -0.496 e. The van der Waals surface area contributed by atoms with Gasteiger partial charge in [-0.05, 0) is 18.2 Å². The van der Waals surface area contributed by atoms with Crippen molar-refractivity contribution in [3.8, 4) is 0 Å². The fourth-order valence-corrected chi connectivity index (χ4v) is 1.68. The van der Waals surface area contributed by atoms with Gasteiger partial charge in [0.05, 0.1) is 17.5 Å². The SMILES string of the molecule is C1=Cc2nc3ccccc3cc2CO1. The van der Waals surface area contributed by atoms with Crippen LogP contribution in [0.15, 0.2) is 36.6 Å². The lowest BCUT2D eigenvalue weighted by molar-refractivity contribution is 0.234. The minimum atomic E-state index is 0.629. The van der Waals surface area contributed by atoms with E-state index >= 15 is 0 Å². The molecule has 0 N–H and O–H groups in total. The van der Waals surface area contributed by atoms with Crippen LogP contribution in [0.5, 0.6) is 0 Å². The van der Waals surface area contributed by atoms with Crippen molar-refractivity contribution in [3.05, 3.63) is 47.9 Å². The fraction of sp³-hybridized carbons (Fsp3) is 0.0833. The molecule has 0 saturated carbocycles. The zero-order valence-corrected chi connectivity index (χ0v) is 7.60. The summed E-state index contributed by atoms with van der Waals surface area (Å²) in [5.41, 5.74) is 3.22. The summed E-state index contributed by atoms with van der Waals surface area (Å²) in [5, 5.41) is 1.17. The summed E-state index contributed by atoms with van der Waals surface area (Å²) in [6.45, 7) is 0.629. The number of ether oxygens (including phenoxy) is 1. The van der Waals surface area contributed by atoms with Crippen LogP contribution in [-0.2, 0) is 11.3 Å². The molecule has 1 aromatic carbocycles. The van der Waals surface area contributed by atoms with E-state index in [4.69, 9.17) is 4.74 Å². The van der Waals surface area contributed by atoms with E-state index in [1.165, 1.54) is 5.39 Å². The minimum absolute atomic E-state index is 0.629. The summed E-state index contributed by atoms with van der Waals surface area (Å²) in [7, 11) is 0. The van der Waals surface area contributed by atoms with E-state index < -0.39 is 0 Å².